The van der Waals surface area contributed by atoms with Gasteiger partial charge in [-0.25, -0.2) is 0 Å². The van der Waals surface area contributed by atoms with Gasteiger partial charge in [0.25, 0.3) is 5.91 Å². The van der Waals surface area contributed by atoms with Crippen LogP contribution in [0.3, 0.4) is 0 Å². The maximum absolute atomic E-state index is 13.0. The highest BCUT2D eigenvalue weighted by Gasteiger charge is 2.34. The summed E-state index contributed by atoms with van der Waals surface area (Å²) in [6.07, 6.45) is 1.63. The van der Waals surface area contributed by atoms with E-state index in [9.17, 15) is 14.7 Å². The van der Waals surface area contributed by atoms with Crippen molar-refractivity contribution in [1.82, 2.24) is 0 Å². The van der Waals surface area contributed by atoms with E-state index >= 15 is 0 Å². The number of rotatable bonds is 5. The number of thioether (sulfide) groups is 1. The van der Waals surface area contributed by atoms with Crippen molar-refractivity contribution in [3.05, 3.63) is 52.9 Å². The number of hydrogen-bond donors (Lipinski definition) is 0. The molecule has 4 rings (SSSR count). The number of carboxylic acid groups (broad SMARTS) is 1. The van der Waals surface area contributed by atoms with Gasteiger partial charge >= 0.3 is 0 Å². The minimum atomic E-state index is -1.33. The summed E-state index contributed by atoms with van der Waals surface area (Å²) in [6.45, 7) is 0.343. The Kier molecular flexibility index (Phi) is 5.41. The standard InChI is InChI=1S/C20H15NO6S2/c22-18(23)11-27-14-4-2-1-3-12(14)9-17-19(24)21(20(28)29-17)13-5-6-15-16(10-13)26-8-7-25-15/h1-6,9-10H,7-8,11H2,(H,22,23)/p-1. The molecular formula is C20H14NO6S2-. The summed E-state index contributed by atoms with van der Waals surface area (Å²) in [6, 6.07) is 12.0. The third-order valence-electron chi connectivity index (χ3n) is 4.13. The first-order chi connectivity index (χ1) is 14.0. The summed E-state index contributed by atoms with van der Waals surface area (Å²) in [4.78, 5) is 25.5. The van der Waals surface area contributed by atoms with Gasteiger partial charge in [-0.2, -0.15) is 0 Å². The van der Waals surface area contributed by atoms with Crippen molar-refractivity contribution in [3.63, 3.8) is 0 Å². The molecule has 0 atom stereocenters. The van der Waals surface area contributed by atoms with E-state index in [-0.39, 0.29) is 5.91 Å². The Morgan fingerprint density at radius 2 is 1.97 bits per heavy atom. The number of benzene rings is 2. The molecule has 1 amide bonds. The molecule has 0 bridgehead atoms. The fourth-order valence-corrected chi connectivity index (χ4v) is 4.16. The molecule has 2 aromatic rings. The number of ether oxygens (including phenoxy) is 3. The summed E-state index contributed by atoms with van der Waals surface area (Å²) in [5.74, 6) is -0.0924. The van der Waals surface area contributed by atoms with Crippen LogP contribution in [0.4, 0.5) is 5.69 Å². The summed E-state index contributed by atoms with van der Waals surface area (Å²) in [5, 5.41) is 10.7. The zero-order valence-corrected chi connectivity index (χ0v) is 16.6. The highest BCUT2D eigenvalue weighted by atomic mass is 32.2. The van der Waals surface area contributed by atoms with Gasteiger partial charge in [0.2, 0.25) is 0 Å². The molecule has 0 spiro atoms. The molecule has 2 heterocycles. The molecule has 1 saturated heterocycles. The first-order valence-electron chi connectivity index (χ1n) is 8.62. The molecular weight excluding hydrogens is 414 g/mol. The Bertz CT molecular complexity index is 1040. The van der Waals surface area contributed by atoms with E-state index in [1.54, 1.807) is 48.5 Å². The highest BCUT2D eigenvalue weighted by molar-refractivity contribution is 8.27. The first-order valence-corrected chi connectivity index (χ1v) is 9.84. The van der Waals surface area contributed by atoms with Crippen molar-refractivity contribution in [2.24, 2.45) is 0 Å². The molecule has 7 nitrogen and oxygen atoms in total. The molecule has 2 aliphatic heterocycles. The Morgan fingerprint density at radius 3 is 2.76 bits per heavy atom. The van der Waals surface area contributed by atoms with Crippen molar-refractivity contribution in [3.8, 4) is 17.2 Å². The molecule has 0 saturated carbocycles. The molecule has 2 aliphatic rings. The number of hydrogen-bond acceptors (Lipinski definition) is 8. The molecule has 0 aliphatic carbocycles. The van der Waals surface area contributed by atoms with Crippen molar-refractivity contribution in [1.29, 1.82) is 0 Å². The molecule has 0 aromatic heterocycles. The number of amides is 1. The van der Waals surface area contributed by atoms with E-state index in [2.05, 4.69) is 0 Å². The Balaban J connectivity index is 1.61. The SMILES string of the molecule is O=C([O-])COc1ccccc1C=C1SC(=S)N(c2ccc3c(c2)OCCO3)C1=O. The number of fused-ring (bicyclic) bond motifs is 1. The van der Waals surface area contributed by atoms with Gasteiger partial charge in [0.05, 0.1) is 16.6 Å². The van der Waals surface area contributed by atoms with Crippen LogP contribution in [0.25, 0.3) is 6.08 Å². The van der Waals surface area contributed by atoms with Crippen LogP contribution >= 0.6 is 24.0 Å². The molecule has 29 heavy (non-hydrogen) atoms. The number of anilines is 1. The van der Waals surface area contributed by atoms with Crippen LogP contribution in [0.2, 0.25) is 0 Å². The number of nitrogens with zero attached hydrogens (tertiary/aromatic N) is 1. The van der Waals surface area contributed by atoms with Crippen LogP contribution < -0.4 is 24.2 Å². The number of thiocarbonyl (C=S) groups is 1. The molecule has 9 heteroatoms. The van der Waals surface area contributed by atoms with Crippen LogP contribution in [0.15, 0.2) is 47.4 Å². The van der Waals surface area contributed by atoms with E-state index in [4.69, 9.17) is 26.4 Å². The zero-order chi connectivity index (χ0) is 20.4. The lowest BCUT2D eigenvalue weighted by Gasteiger charge is -2.21. The van der Waals surface area contributed by atoms with Gasteiger partial charge in [0.1, 0.15) is 25.6 Å². The Labute approximate surface area is 175 Å². The lowest BCUT2D eigenvalue weighted by atomic mass is 10.2. The lowest BCUT2D eigenvalue weighted by Crippen LogP contribution is -2.29. The van der Waals surface area contributed by atoms with Crippen molar-refractivity contribution < 1.29 is 28.9 Å². The fraction of sp³-hybridized carbons (Fsp3) is 0.150. The molecule has 0 unspecified atom stereocenters. The quantitative estimate of drug-likeness (QED) is 0.528. The molecule has 0 N–H and O–H groups in total. The second-order valence-electron chi connectivity index (χ2n) is 6.04. The number of carboxylic acids is 1. The maximum atomic E-state index is 13.0. The third kappa shape index (κ3) is 4.06. The molecule has 1 fully saturated rings. The van der Waals surface area contributed by atoms with Gasteiger partial charge in [0.15, 0.2) is 15.8 Å². The van der Waals surface area contributed by atoms with E-state index in [0.717, 1.165) is 11.8 Å². The molecule has 0 radical (unpaired) electrons. The van der Waals surface area contributed by atoms with Crippen molar-refractivity contribution >= 4 is 51.9 Å². The van der Waals surface area contributed by atoms with Gasteiger partial charge in [-0.15, -0.1) is 0 Å². The second kappa shape index (κ2) is 8.14. The van der Waals surface area contributed by atoms with Gasteiger partial charge < -0.3 is 24.1 Å². The third-order valence-corrected chi connectivity index (χ3v) is 5.43. The summed E-state index contributed by atoms with van der Waals surface area (Å²) >= 11 is 6.56. The summed E-state index contributed by atoms with van der Waals surface area (Å²) in [7, 11) is 0. The Morgan fingerprint density at radius 1 is 1.21 bits per heavy atom. The van der Waals surface area contributed by atoms with Gasteiger partial charge in [0, 0.05) is 11.6 Å². The number of para-hydroxylation sites is 1. The highest BCUT2D eigenvalue weighted by Crippen LogP contribution is 2.40. The van der Waals surface area contributed by atoms with Gasteiger partial charge in [-0.3, -0.25) is 9.69 Å². The van der Waals surface area contributed by atoms with Gasteiger partial charge in [-0.1, -0.05) is 42.2 Å². The fourth-order valence-electron chi connectivity index (χ4n) is 2.87. The van der Waals surface area contributed by atoms with Crippen molar-refractivity contribution in [2.75, 3.05) is 24.7 Å². The van der Waals surface area contributed by atoms with E-state index in [1.807, 2.05) is 0 Å². The second-order valence-corrected chi connectivity index (χ2v) is 7.72. The summed E-state index contributed by atoms with van der Waals surface area (Å²) < 4.78 is 16.7. The molecule has 2 aromatic carbocycles. The van der Waals surface area contributed by atoms with Crippen LogP contribution in [-0.4, -0.2) is 36.0 Å². The van der Waals surface area contributed by atoms with Crippen LogP contribution in [-0.2, 0) is 9.59 Å². The smallest absolute Gasteiger partial charge is 0.270 e. The van der Waals surface area contributed by atoms with E-state index < -0.39 is 12.6 Å². The predicted octanol–water partition coefficient (Wildman–Crippen LogP) is 1.99. The Hall–Kier alpha value is -3.04. The summed E-state index contributed by atoms with van der Waals surface area (Å²) in [5.41, 5.74) is 1.15. The lowest BCUT2D eigenvalue weighted by molar-refractivity contribution is -0.307. The van der Waals surface area contributed by atoms with Crippen LogP contribution in [0.5, 0.6) is 17.2 Å². The zero-order valence-electron chi connectivity index (χ0n) is 15.0. The monoisotopic (exact) mass is 428 g/mol. The normalized spacial score (nSPS) is 17.0. The first kappa shape index (κ1) is 19.3. The van der Waals surface area contributed by atoms with Crippen LogP contribution in [0.1, 0.15) is 5.56 Å². The van der Waals surface area contributed by atoms with E-state index in [1.165, 1.54) is 4.90 Å². The number of aliphatic carboxylic acids is 1. The van der Waals surface area contributed by atoms with Crippen LogP contribution in [0, 0.1) is 0 Å². The van der Waals surface area contributed by atoms with Gasteiger partial charge in [-0.05, 0) is 24.3 Å². The number of carbonyl (C=O) groups excluding carboxylic acids is 2. The number of carbonyl (C=O) groups is 2. The van der Waals surface area contributed by atoms with Crippen molar-refractivity contribution in [2.45, 2.75) is 0 Å². The average molecular weight is 428 g/mol. The predicted molar refractivity (Wildman–Crippen MR) is 110 cm³/mol. The average Bonchev–Trinajstić information content (AvgIpc) is 3.00. The maximum Gasteiger partial charge on any atom is 0.270 e. The topological polar surface area (TPSA) is 88.1 Å². The van der Waals surface area contributed by atoms with E-state index in [0.29, 0.717) is 50.9 Å². The minimum Gasteiger partial charge on any atom is -0.546 e. The molecule has 148 valence electrons. The minimum absolute atomic E-state index is 0.286. The largest absolute Gasteiger partial charge is 0.546 e.